The Balaban J connectivity index is 2.03. The molecule has 0 aromatic heterocycles. The third kappa shape index (κ3) is 1.61. The monoisotopic (exact) mass is 320 g/mol. The molecule has 0 fully saturated rings. The fourth-order valence-corrected chi connectivity index (χ4v) is 4.17. The Bertz CT molecular complexity index is 1040. The Morgan fingerprint density at radius 2 is 1.50 bits per heavy atom. The summed E-state index contributed by atoms with van der Waals surface area (Å²) in [5, 5.41) is 45.5. The SMILES string of the molecule is O[C@@H]1C=C2c3c(ccc4c3c(cc3ccccc34)[C@H](O)[C@H]2O)[C@H]1O. The van der Waals surface area contributed by atoms with Crippen molar-refractivity contribution < 1.29 is 20.4 Å². The molecular formula is C20H16O4. The van der Waals surface area contributed by atoms with E-state index in [-0.39, 0.29) is 0 Å². The first kappa shape index (κ1) is 14.1. The van der Waals surface area contributed by atoms with Crippen LogP contribution in [0.15, 0.2) is 48.5 Å². The summed E-state index contributed by atoms with van der Waals surface area (Å²) < 4.78 is 0. The number of fused-ring (bicyclic) bond motifs is 2. The van der Waals surface area contributed by atoms with Gasteiger partial charge in [0.1, 0.15) is 24.4 Å². The molecule has 0 saturated carbocycles. The highest BCUT2D eigenvalue weighted by molar-refractivity contribution is 6.14. The van der Waals surface area contributed by atoms with Gasteiger partial charge in [-0.3, -0.25) is 0 Å². The van der Waals surface area contributed by atoms with Crippen molar-refractivity contribution >= 4 is 27.1 Å². The second kappa shape index (κ2) is 4.65. The van der Waals surface area contributed by atoms with Crippen molar-refractivity contribution in [3.63, 3.8) is 0 Å². The standard InChI is InChI=1S/C20H16O4/c21-15-8-14-17-12(18(15)22)6-5-11-10-4-2-1-3-9(10)7-13(16(11)17)19(23)20(14)24/h1-8,15,18-24H/t15-,18-,19+,20+/m1/s1. The highest BCUT2D eigenvalue weighted by atomic mass is 16.3. The van der Waals surface area contributed by atoms with Crippen molar-refractivity contribution in [2.24, 2.45) is 0 Å². The molecule has 4 atom stereocenters. The topological polar surface area (TPSA) is 80.9 Å². The zero-order chi connectivity index (χ0) is 16.6. The van der Waals surface area contributed by atoms with Crippen molar-refractivity contribution in [1.82, 2.24) is 0 Å². The van der Waals surface area contributed by atoms with Crippen LogP contribution in [0.25, 0.3) is 27.1 Å². The van der Waals surface area contributed by atoms with Gasteiger partial charge in [-0.25, -0.2) is 0 Å². The minimum absolute atomic E-state index is 0.490. The van der Waals surface area contributed by atoms with E-state index in [1.807, 2.05) is 36.4 Å². The summed E-state index contributed by atoms with van der Waals surface area (Å²) in [5.74, 6) is 0. The molecule has 120 valence electrons. The van der Waals surface area contributed by atoms with Gasteiger partial charge in [0.25, 0.3) is 0 Å². The van der Waals surface area contributed by atoms with Crippen LogP contribution < -0.4 is 0 Å². The lowest BCUT2D eigenvalue weighted by atomic mass is 9.74. The third-order valence-electron chi connectivity index (χ3n) is 5.31. The molecule has 2 aliphatic carbocycles. The van der Waals surface area contributed by atoms with Crippen LogP contribution in [0.4, 0.5) is 0 Å². The summed E-state index contributed by atoms with van der Waals surface area (Å²) >= 11 is 0. The molecule has 0 bridgehead atoms. The lowest BCUT2D eigenvalue weighted by Crippen LogP contribution is -2.31. The van der Waals surface area contributed by atoms with Crippen LogP contribution in [-0.4, -0.2) is 32.6 Å². The van der Waals surface area contributed by atoms with Gasteiger partial charge in [0.15, 0.2) is 0 Å². The van der Waals surface area contributed by atoms with E-state index < -0.39 is 24.4 Å². The van der Waals surface area contributed by atoms with Gasteiger partial charge < -0.3 is 20.4 Å². The molecule has 2 aliphatic rings. The van der Waals surface area contributed by atoms with E-state index >= 15 is 0 Å². The number of hydrogen-bond acceptors (Lipinski definition) is 4. The van der Waals surface area contributed by atoms with E-state index in [4.69, 9.17) is 0 Å². The van der Waals surface area contributed by atoms with Gasteiger partial charge in [0.05, 0.1) is 0 Å². The summed E-state index contributed by atoms with van der Waals surface area (Å²) in [4.78, 5) is 0. The molecule has 0 amide bonds. The second-order valence-electron chi connectivity index (χ2n) is 6.59. The van der Waals surface area contributed by atoms with E-state index in [2.05, 4.69) is 0 Å². The van der Waals surface area contributed by atoms with Crippen LogP contribution in [0.1, 0.15) is 28.9 Å². The van der Waals surface area contributed by atoms with Gasteiger partial charge in [-0.1, -0.05) is 36.4 Å². The van der Waals surface area contributed by atoms with Crippen LogP contribution >= 0.6 is 0 Å². The molecule has 5 rings (SSSR count). The van der Waals surface area contributed by atoms with E-state index in [0.717, 1.165) is 27.1 Å². The summed E-state index contributed by atoms with van der Waals surface area (Å²) in [7, 11) is 0. The Kier molecular flexibility index (Phi) is 2.74. The third-order valence-corrected chi connectivity index (χ3v) is 5.31. The summed E-state index contributed by atoms with van der Waals surface area (Å²) in [6, 6.07) is 13.5. The van der Waals surface area contributed by atoms with Crippen LogP contribution in [0.2, 0.25) is 0 Å². The Morgan fingerprint density at radius 1 is 0.708 bits per heavy atom. The van der Waals surface area contributed by atoms with Crippen molar-refractivity contribution in [2.75, 3.05) is 0 Å². The number of rotatable bonds is 0. The van der Waals surface area contributed by atoms with Crippen molar-refractivity contribution in [2.45, 2.75) is 24.4 Å². The van der Waals surface area contributed by atoms with Gasteiger partial charge in [-0.2, -0.15) is 0 Å². The average Bonchev–Trinajstić information content (AvgIpc) is 2.61. The smallest absolute Gasteiger partial charge is 0.110 e. The first-order valence-corrected chi connectivity index (χ1v) is 8.00. The summed E-state index contributed by atoms with van der Waals surface area (Å²) in [6.45, 7) is 0. The van der Waals surface area contributed by atoms with E-state index in [9.17, 15) is 20.4 Å². The maximum Gasteiger partial charge on any atom is 0.110 e. The molecule has 4 nitrogen and oxygen atoms in total. The zero-order valence-corrected chi connectivity index (χ0v) is 12.7. The zero-order valence-electron chi connectivity index (χ0n) is 12.7. The maximum absolute atomic E-state index is 10.6. The molecule has 0 radical (unpaired) electrons. The summed E-state index contributed by atoms with van der Waals surface area (Å²) in [5.41, 5.74) is 2.48. The second-order valence-corrected chi connectivity index (χ2v) is 6.59. The molecule has 4 heteroatoms. The average molecular weight is 320 g/mol. The van der Waals surface area contributed by atoms with Crippen LogP contribution in [0.3, 0.4) is 0 Å². The predicted octanol–water partition coefficient (Wildman–Crippen LogP) is 2.19. The molecular weight excluding hydrogens is 304 g/mol. The minimum Gasteiger partial charge on any atom is -0.386 e. The maximum atomic E-state index is 10.6. The lowest BCUT2D eigenvalue weighted by Gasteiger charge is -2.36. The number of benzene rings is 3. The molecule has 4 N–H and O–H groups in total. The fraction of sp³-hybridized carbons (Fsp3) is 0.200. The number of hydrogen-bond donors (Lipinski definition) is 4. The summed E-state index contributed by atoms with van der Waals surface area (Å²) in [6.07, 6.45) is -2.85. The first-order chi connectivity index (χ1) is 11.6. The quantitative estimate of drug-likeness (QED) is 0.479. The molecule has 0 spiro atoms. The number of aliphatic hydroxyl groups is 4. The predicted molar refractivity (Wildman–Crippen MR) is 91.4 cm³/mol. The Hall–Kier alpha value is -2.24. The molecule has 0 unspecified atom stereocenters. The fourth-order valence-electron chi connectivity index (χ4n) is 4.17. The van der Waals surface area contributed by atoms with E-state index in [1.54, 1.807) is 6.07 Å². The first-order valence-electron chi connectivity index (χ1n) is 8.00. The van der Waals surface area contributed by atoms with Gasteiger partial charge >= 0.3 is 0 Å². The van der Waals surface area contributed by atoms with Crippen LogP contribution in [-0.2, 0) is 0 Å². The van der Waals surface area contributed by atoms with Crippen LogP contribution in [0.5, 0.6) is 0 Å². The Labute approximate surface area is 137 Å². The molecule has 3 aromatic carbocycles. The van der Waals surface area contributed by atoms with E-state index in [1.165, 1.54) is 6.08 Å². The highest BCUT2D eigenvalue weighted by Crippen LogP contribution is 2.49. The lowest BCUT2D eigenvalue weighted by molar-refractivity contribution is 0.0363. The van der Waals surface area contributed by atoms with Gasteiger partial charge in [0.2, 0.25) is 0 Å². The van der Waals surface area contributed by atoms with Crippen molar-refractivity contribution in [3.8, 4) is 0 Å². The van der Waals surface area contributed by atoms with Gasteiger partial charge in [-0.15, -0.1) is 0 Å². The molecule has 24 heavy (non-hydrogen) atoms. The van der Waals surface area contributed by atoms with Gasteiger partial charge in [-0.05, 0) is 56.0 Å². The minimum atomic E-state index is -1.12. The Morgan fingerprint density at radius 3 is 2.33 bits per heavy atom. The molecule has 0 aliphatic heterocycles. The largest absolute Gasteiger partial charge is 0.386 e. The molecule has 3 aromatic rings. The normalized spacial score (nSPS) is 28.2. The van der Waals surface area contributed by atoms with E-state index in [0.29, 0.717) is 16.7 Å². The number of aliphatic hydroxyl groups excluding tert-OH is 4. The van der Waals surface area contributed by atoms with Crippen LogP contribution in [0, 0.1) is 0 Å². The molecule has 0 saturated heterocycles. The highest BCUT2D eigenvalue weighted by Gasteiger charge is 2.38. The molecule has 0 heterocycles. The van der Waals surface area contributed by atoms with Crippen molar-refractivity contribution in [1.29, 1.82) is 0 Å². The van der Waals surface area contributed by atoms with Gasteiger partial charge in [0, 0.05) is 0 Å². The van der Waals surface area contributed by atoms with Crippen molar-refractivity contribution in [3.05, 3.63) is 65.2 Å².